The monoisotopic (exact) mass is 296 g/mol. The summed E-state index contributed by atoms with van der Waals surface area (Å²) in [5.41, 5.74) is 8.66. The number of hydrogen-bond donors (Lipinski definition) is 2. The molecule has 3 N–H and O–H groups in total. The summed E-state index contributed by atoms with van der Waals surface area (Å²) in [7, 11) is 0. The fourth-order valence-electron chi connectivity index (χ4n) is 2.65. The molecule has 2 aromatic carbocycles. The number of nitrogens with two attached hydrogens (primary N) is 1. The van der Waals surface area contributed by atoms with Crippen molar-refractivity contribution in [1.29, 1.82) is 0 Å². The molecule has 0 radical (unpaired) electrons. The highest BCUT2D eigenvalue weighted by molar-refractivity contribution is 5.89. The topological polar surface area (TPSA) is 61.6 Å². The minimum absolute atomic E-state index is 0.0492. The fraction of sp³-hybridized carbons (Fsp3) is 0.235. The van der Waals surface area contributed by atoms with Crippen LogP contribution in [0, 0.1) is 0 Å². The molecule has 0 spiro atoms. The van der Waals surface area contributed by atoms with E-state index in [2.05, 4.69) is 10.2 Å². The number of carbonyl (C=O) groups is 1. The second-order valence-corrected chi connectivity index (χ2v) is 5.33. The van der Waals surface area contributed by atoms with Gasteiger partial charge in [-0.1, -0.05) is 30.3 Å². The number of amides is 2. The van der Waals surface area contributed by atoms with Gasteiger partial charge in [0.1, 0.15) is 0 Å². The summed E-state index contributed by atoms with van der Waals surface area (Å²) >= 11 is 0. The summed E-state index contributed by atoms with van der Waals surface area (Å²) in [6.07, 6.45) is 0. The molecule has 5 heteroatoms. The van der Waals surface area contributed by atoms with Gasteiger partial charge < -0.3 is 20.9 Å². The van der Waals surface area contributed by atoms with Gasteiger partial charge in [0.15, 0.2) is 0 Å². The van der Waals surface area contributed by atoms with Crippen LogP contribution in [0.1, 0.15) is 0 Å². The molecule has 114 valence electrons. The maximum absolute atomic E-state index is 12.2. The van der Waals surface area contributed by atoms with Gasteiger partial charge in [0.25, 0.3) is 0 Å². The number of benzene rings is 2. The van der Waals surface area contributed by atoms with E-state index in [0.29, 0.717) is 13.1 Å². The first-order valence-electron chi connectivity index (χ1n) is 7.44. The van der Waals surface area contributed by atoms with Crippen LogP contribution >= 0.6 is 0 Å². The van der Waals surface area contributed by atoms with Crippen molar-refractivity contribution in [3.8, 4) is 0 Å². The van der Waals surface area contributed by atoms with E-state index in [-0.39, 0.29) is 6.03 Å². The molecule has 1 aliphatic rings. The average molecular weight is 296 g/mol. The maximum atomic E-state index is 12.2. The van der Waals surface area contributed by atoms with Gasteiger partial charge in [-0.15, -0.1) is 0 Å². The number of nitrogens with one attached hydrogen (secondary N) is 1. The Labute approximate surface area is 130 Å². The van der Waals surface area contributed by atoms with Crippen LogP contribution in [0.5, 0.6) is 0 Å². The lowest BCUT2D eigenvalue weighted by Crippen LogP contribution is -2.50. The van der Waals surface area contributed by atoms with Gasteiger partial charge in [-0.25, -0.2) is 4.79 Å². The Balaban J connectivity index is 1.58. The van der Waals surface area contributed by atoms with E-state index in [0.717, 1.165) is 30.2 Å². The van der Waals surface area contributed by atoms with Gasteiger partial charge in [-0.2, -0.15) is 0 Å². The molecule has 0 atom stereocenters. The van der Waals surface area contributed by atoms with Crippen molar-refractivity contribution in [2.24, 2.45) is 0 Å². The molecular formula is C17H20N4O. The molecule has 0 saturated carbocycles. The van der Waals surface area contributed by atoms with Gasteiger partial charge >= 0.3 is 6.03 Å². The SMILES string of the molecule is Nc1ccccc1N1CCN(C(=O)Nc2ccccc2)CC1. The van der Waals surface area contributed by atoms with Crippen molar-refractivity contribution in [3.63, 3.8) is 0 Å². The number of anilines is 3. The standard InChI is InChI=1S/C17H20N4O/c18-15-8-4-5-9-16(15)20-10-12-21(13-11-20)17(22)19-14-6-2-1-3-7-14/h1-9H,10-13,18H2,(H,19,22). The summed E-state index contributed by atoms with van der Waals surface area (Å²) in [6.45, 7) is 2.95. The molecule has 22 heavy (non-hydrogen) atoms. The Morgan fingerprint density at radius 1 is 0.909 bits per heavy atom. The molecule has 0 unspecified atom stereocenters. The van der Waals surface area contributed by atoms with E-state index in [1.165, 1.54) is 0 Å². The van der Waals surface area contributed by atoms with Gasteiger partial charge in [0.2, 0.25) is 0 Å². The molecular weight excluding hydrogens is 276 g/mol. The van der Waals surface area contributed by atoms with E-state index >= 15 is 0 Å². The van der Waals surface area contributed by atoms with Crippen LogP contribution in [0.25, 0.3) is 0 Å². The van der Waals surface area contributed by atoms with Crippen LogP contribution in [0.2, 0.25) is 0 Å². The number of nitrogens with zero attached hydrogens (tertiary/aromatic N) is 2. The summed E-state index contributed by atoms with van der Waals surface area (Å²) < 4.78 is 0. The van der Waals surface area contributed by atoms with Crippen LogP contribution in [0.4, 0.5) is 21.9 Å². The van der Waals surface area contributed by atoms with Crippen LogP contribution in [-0.4, -0.2) is 37.1 Å². The van der Waals surface area contributed by atoms with Gasteiger partial charge in [0, 0.05) is 31.9 Å². The lowest BCUT2D eigenvalue weighted by Gasteiger charge is -2.36. The van der Waals surface area contributed by atoms with Crippen molar-refractivity contribution >= 4 is 23.1 Å². The second-order valence-electron chi connectivity index (χ2n) is 5.33. The number of hydrogen-bond acceptors (Lipinski definition) is 3. The minimum Gasteiger partial charge on any atom is -0.397 e. The molecule has 0 aliphatic carbocycles. The lowest BCUT2D eigenvalue weighted by atomic mass is 10.2. The zero-order chi connectivity index (χ0) is 15.4. The quantitative estimate of drug-likeness (QED) is 0.837. The largest absolute Gasteiger partial charge is 0.397 e. The zero-order valence-electron chi connectivity index (χ0n) is 12.4. The molecule has 0 bridgehead atoms. The van der Waals surface area contributed by atoms with E-state index in [1.807, 2.05) is 59.5 Å². The smallest absolute Gasteiger partial charge is 0.321 e. The molecule has 2 aromatic rings. The molecule has 3 rings (SSSR count). The summed E-state index contributed by atoms with van der Waals surface area (Å²) in [5, 5.41) is 2.92. The van der Waals surface area contributed by atoms with Crippen molar-refractivity contribution in [1.82, 2.24) is 4.90 Å². The molecule has 1 saturated heterocycles. The van der Waals surface area contributed by atoms with Crippen molar-refractivity contribution in [3.05, 3.63) is 54.6 Å². The Bertz CT molecular complexity index is 636. The van der Waals surface area contributed by atoms with Crippen LogP contribution in [-0.2, 0) is 0 Å². The van der Waals surface area contributed by atoms with Crippen LogP contribution in [0.15, 0.2) is 54.6 Å². The number of para-hydroxylation sites is 3. The average Bonchev–Trinajstić information content (AvgIpc) is 2.56. The predicted octanol–water partition coefficient (Wildman–Crippen LogP) is 2.62. The first-order valence-corrected chi connectivity index (χ1v) is 7.44. The van der Waals surface area contributed by atoms with Crippen LogP contribution in [0.3, 0.4) is 0 Å². The van der Waals surface area contributed by atoms with Gasteiger partial charge in [-0.05, 0) is 24.3 Å². The minimum atomic E-state index is -0.0492. The van der Waals surface area contributed by atoms with E-state index in [9.17, 15) is 4.79 Å². The fourth-order valence-corrected chi connectivity index (χ4v) is 2.65. The molecule has 5 nitrogen and oxygen atoms in total. The Morgan fingerprint density at radius 2 is 1.55 bits per heavy atom. The lowest BCUT2D eigenvalue weighted by molar-refractivity contribution is 0.208. The van der Waals surface area contributed by atoms with Gasteiger partial charge in [-0.3, -0.25) is 0 Å². The number of carbonyl (C=O) groups excluding carboxylic acids is 1. The first kappa shape index (κ1) is 14.3. The Kier molecular flexibility index (Phi) is 4.14. The van der Waals surface area contributed by atoms with Crippen molar-refractivity contribution in [2.75, 3.05) is 42.1 Å². The van der Waals surface area contributed by atoms with Crippen molar-refractivity contribution < 1.29 is 4.79 Å². The van der Waals surface area contributed by atoms with E-state index in [4.69, 9.17) is 5.73 Å². The van der Waals surface area contributed by atoms with Crippen LogP contribution < -0.4 is 16.0 Å². The molecule has 1 fully saturated rings. The van der Waals surface area contributed by atoms with E-state index in [1.54, 1.807) is 0 Å². The second kappa shape index (κ2) is 6.39. The zero-order valence-corrected chi connectivity index (χ0v) is 12.4. The summed E-state index contributed by atoms with van der Waals surface area (Å²) in [6, 6.07) is 17.3. The highest BCUT2D eigenvalue weighted by Gasteiger charge is 2.22. The number of nitrogen functional groups attached to an aromatic ring is 1. The number of piperazine rings is 1. The third kappa shape index (κ3) is 3.14. The molecule has 0 aromatic heterocycles. The molecule has 1 heterocycles. The highest BCUT2D eigenvalue weighted by Crippen LogP contribution is 2.23. The summed E-state index contributed by atoms with van der Waals surface area (Å²) in [5.74, 6) is 0. The normalized spacial score (nSPS) is 14.7. The third-order valence-electron chi connectivity index (χ3n) is 3.87. The highest BCUT2D eigenvalue weighted by atomic mass is 16.2. The van der Waals surface area contributed by atoms with E-state index < -0.39 is 0 Å². The van der Waals surface area contributed by atoms with Gasteiger partial charge in [0.05, 0.1) is 11.4 Å². The first-order chi connectivity index (χ1) is 10.7. The number of rotatable bonds is 2. The van der Waals surface area contributed by atoms with Crippen molar-refractivity contribution in [2.45, 2.75) is 0 Å². The maximum Gasteiger partial charge on any atom is 0.321 e. The predicted molar refractivity (Wildman–Crippen MR) is 90.1 cm³/mol. The summed E-state index contributed by atoms with van der Waals surface area (Å²) in [4.78, 5) is 16.3. The molecule has 1 aliphatic heterocycles. The Morgan fingerprint density at radius 3 is 2.23 bits per heavy atom. The molecule has 2 amide bonds. The Hall–Kier alpha value is -2.69. The third-order valence-corrected chi connectivity index (χ3v) is 3.87. The number of urea groups is 1.